The Morgan fingerprint density at radius 2 is 2.30 bits per heavy atom. The number of amides is 1. The van der Waals surface area contributed by atoms with Crippen molar-refractivity contribution in [3.63, 3.8) is 0 Å². The van der Waals surface area contributed by atoms with Crippen LogP contribution < -0.4 is 10.6 Å². The van der Waals surface area contributed by atoms with Gasteiger partial charge < -0.3 is 10.6 Å². The Morgan fingerprint density at radius 3 is 2.95 bits per heavy atom. The Morgan fingerprint density at radius 1 is 1.55 bits per heavy atom. The third-order valence-electron chi connectivity index (χ3n) is 3.57. The number of carbonyl (C=O) groups excluding carboxylic acids is 1. The summed E-state index contributed by atoms with van der Waals surface area (Å²) in [6, 6.07) is 4.22. The smallest absolute Gasteiger partial charge is 0.252 e. The van der Waals surface area contributed by atoms with Gasteiger partial charge in [-0.05, 0) is 72.9 Å². The van der Waals surface area contributed by atoms with Crippen LogP contribution in [0.25, 0.3) is 0 Å². The molecule has 0 bridgehead atoms. The van der Waals surface area contributed by atoms with E-state index in [1.54, 1.807) is 6.07 Å². The Bertz CT molecular complexity index is 466. The first kappa shape index (κ1) is 17.4. The first-order valence-corrected chi connectivity index (χ1v) is 7.34. The quantitative estimate of drug-likeness (QED) is 0.864. The van der Waals surface area contributed by atoms with Crippen molar-refractivity contribution in [3.05, 3.63) is 34.1 Å². The van der Waals surface area contributed by atoms with Crippen LogP contribution >= 0.6 is 28.3 Å². The predicted octanol–water partition coefficient (Wildman–Crippen LogP) is 3.13. The van der Waals surface area contributed by atoms with Gasteiger partial charge in [0.15, 0.2) is 0 Å². The zero-order chi connectivity index (χ0) is 13.8. The van der Waals surface area contributed by atoms with Crippen LogP contribution in [0.4, 0.5) is 4.39 Å². The molecule has 1 aliphatic heterocycles. The summed E-state index contributed by atoms with van der Waals surface area (Å²) < 4.78 is 13.8. The molecule has 1 aromatic rings. The lowest BCUT2D eigenvalue weighted by atomic mass is 9.92. The van der Waals surface area contributed by atoms with E-state index in [1.807, 2.05) is 6.92 Å². The summed E-state index contributed by atoms with van der Waals surface area (Å²) in [6.07, 6.45) is 2.24. The third kappa shape index (κ3) is 4.43. The van der Waals surface area contributed by atoms with Gasteiger partial charge in [-0.25, -0.2) is 4.39 Å². The van der Waals surface area contributed by atoms with Gasteiger partial charge in [-0.15, -0.1) is 12.4 Å². The van der Waals surface area contributed by atoms with Gasteiger partial charge in [0.1, 0.15) is 5.82 Å². The molecule has 0 saturated carbocycles. The van der Waals surface area contributed by atoms with Gasteiger partial charge in [0.05, 0.1) is 5.56 Å². The SMILES string of the molecule is CC(NC(=O)c1cc(F)ccc1Br)C1CCCNC1.Cl. The van der Waals surface area contributed by atoms with E-state index in [4.69, 9.17) is 0 Å². The maximum absolute atomic E-state index is 13.2. The lowest BCUT2D eigenvalue weighted by Crippen LogP contribution is -2.44. The fourth-order valence-corrected chi connectivity index (χ4v) is 2.81. The minimum atomic E-state index is -0.402. The molecule has 1 fully saturated rings. The maximum Gasteiger partial charge on any atom is 0.252 e. The Kier molecular flexibility index (Phi) is 6.92. The van der Waals surface area contributed by atoms with Gasteiger partial charge in [0.2, 0.25) is 0 Å². The molecule has 3 nitrogen and oxygen atoms in total. The van der Waals surface area contributed by atoms with Crippen molar-refractivity contribution >= 4 is 34.2 Å². The largest absolute Gasteiger partial charge is 0.349 e. The van der Waals surface area contributed by atoms with E-state index in [9.17, 15) is 9.18 Å². The molecular weight excluding hydrogens is 347 g/mol. The highest BCUT2D eigenvalue weighted by Gasteiger charge is 2.22. The van der Waals surface area contributed by atoms with E-state index >= 15 is 0 Å². The van der Waals surface area contributed by atoms with E-state index in [1.165, 1.54) is 12.1 Å². The molecule has 0 aromatic heterocycles. The van der Waals surface area contributed by atoms with E-state index in [0.717, 1.165) is 25.9 Å². The number of halogens is 3. The topological polar surface area (TPSA) is 41.1 Å². The van der Waals surface area contributed by atoms with Gasteiger partial charge in [0, 0.05) is 10.5 Å². The molecule has 2 unspecified atom stereocenters. The first-order chi connectivity index (χ1) is 9.08. The second-order valence-electron chi connectivity index (χ2n) is 4.99. The molecule has 1 heterocycles. The molecule has 0 spiro atoms. The molecule has 0 radical (unpaired) electrons. The zero-order valence-corrected chi connectivity index (χ0v) is 13.7. The fraction of sp³-hybridized carbons (Fsp3) is 0.500. The maximum atomic E-state index is 13.2. The van der Waals surface area contributed by atoms with Crippen LogP contribution in [0.5, 0.6) is 0 Å². The van der Waals surface area contributed by atoms with E-state index in [-0.39, 0.29) is 24.4 Å². The normalized spacial score (nSPS) is 19.9. The number of hydrogen-bond donors (Lipinski definition) is 2. The number of nitrogens with one attached hydrogen (secondary N) is 2. The molecule has 0 aliphatic carbocycles. The molecule has 1 aliphatic rings. The monoisotopic (exact) mass is 364 g/mol. The summed E-state index contributed by atoms with van der Waals surface area (Å²) in [5.74, 6) is -0.199. The van der Waals surface area contributed by atoms with Crippen molar-refractivity contribution in [2.24, 2.45) is 5.92 Å². The van der Waals surface area contributed by atoms with E-state index in [0.29, 0.717) is 16.0 Å². The number of hydrogen-bond acceptors (Lipinski definition) is 2. The van der Waals surface area contributed by atoms with Gasteiger partial charge >= 0.3 is 0 Å². The van der Waals surface area contributed by atoms with Crippen LogP contribution in [0.2, 0.25) is 0 Å². The lowest BCUT2D eigenvalue weighted by molar-refractivity contribution is 0.0920. The van der Waals surface area contributed by atoms with Crippen LogP contribution in [0, 0.1) is 11.7 Å². The summed E-state index contributed by atoms with van der Waals surface area (Å²) in [5.41, 5.74) is 0.343. The van der Waals surface area contributed by atoms with E-state index < -0.39 is 5.82 Å². The van der Waals surface area contributed by atoms with Gasteiger partial charge in [0.25, 0.3) is 5.91 Å². The molecule has 1 aromatic carbocycles. The van der Waals surface area contributed by atoms with Crippen molar-refractivity contribution < 1.29 is 9.18 Å². The second kappa shape index (κ2) is 7.96. The van der Waals surface area contributed by atoms with Crippen LogP contribution in [0.1, 0.15) is 30.1 Å². The van der Waals surface area contributed by atoms with Gasteiger partial charge in [-0.3, -0.25) is 4.79 Å². The highest BCUT2D eigenvalue weighted by atomic mass is 79.9. The number of benzene rings is 1. The van der Waals surface area contributed by atoms with Crippen molar-refractivity contribution in [2.45, 2.75) is 25.8 Å². The Labute approximate surface area is 133 Å². The second-order valence-corrected chi connectivity index (χ2v) is 5.85. The average molecular weight is 366 g/mol. The molecule has 2 rings (SSSR count). The summed E-state index contributed by atoms with van der Waals surface area (Å²) in [6.45, 7) is 3.97. The average Bonchev–Trinajstić information content (AvgIpc) is 2.42. The molecule has 2 atom stereocenters. The molecule has 1 amide bonds. The highest BCUT2D eigenvalue weighted by molar-refractivity contribution is 9.10. The van der Waals surface area contributed by atoms with Crippen LogP contribution in [-0.4, -0.2) is 25.0 Å². The Hall–Kier alpha value is -0.650. The molecule has 6 heteroatoms. The zero-order valence-electron chi connectivity index (χ0n) is 11.3. The molecule has 1 saturated heterocycles. The molecular formula is C14H19BrClFN2O. The van der Waals surface area contributed by atoms with Crippen LogP contribution in [-0.2, 0) is 0 Å². The molecule has 20 heavy (non-hydrogen) atoms. The third-order valence-corrected chi connectivity index (χ3v) is 4.27. The molecule has 112 valence electrons. The van der Waals surface area contributed by atoms with Crippen molar-refractivity contribution in [1.82, 2.24) is 10.6 Å². The summed E-state index contributed by atoms with van der Waals surface area (Å²) in [5, 5.41) is 6.29. The number of carbonyl (C=O) groups is 1. The standard InChI is InChI=1S/C14H18BrFN2O.ClH/c1-9(10-3-2-6-17-8-10)18-14(19)12-7-11(16)4-5-13(12)15;/h4-5,7,9-10,17H,2-3,6,8H2,1H3,(H,18,19);1H. The fourth-order valence-electron chi connectivity index (χ4n) is 2.38. The van der Waals surface area contributed by atoms with Crippen LogP contribution in [0.15, 0.2) is 22.7 Å². The summed E-state index contributed by atoms with van der Waals surface area (Å²) in [4.78, 5) is 12.1. The highest BCUT2D eigenvalue weighted by Crippen LogP contribution is 2.19. The summed E-state index contributed by atoms with van der Waals surface area (Å²) >= 11 is 3.28. The van der Waals surface area contributed by atoms with Crippen molar-refractivity contribution in [1.29, 1.82) is 0 Å². The van der Waals surface area contributed by atoms with Crippen LogP contribution in [0.3, 0.4) is 0 Å². The van der Waals surface area contributed by atoms with E-state index in [2.05, 4.69) is 26.6 Å². The van der Waals surface area contributed by atoms with Crippen molar-refractivity contribution in [2.75, 3.05) is 13.1 Å². The molecule has 2 N–H and O–H groups in total. The first-order valence-electron chi connectivity index (χ1n) is 6.54. The van der Waals surface area contributed by atoms with Crippen molar-refractivity contribution in [3.8, 4) is 0 Å². The Balaban J connectivity index is 0.00000200. The van der Waals surface area contributed by atoms with Gasteiger partial charge in [-0.2, -0.15) is 0 Å². The lowest BCUT2D eigenvalue weighted by Gasteiger charge is -2.29. The minimum Gasteiger partial charge on any atom is -0.349 e. The number of rotatable bonds is 3. The minimum absolute atomic E-state index is 0. The number of piperidine rings is 1. The predicted molar refractivity (Wildman–Crippen MR) is 83.9 cm³/mol. The van der Waals surface area contributed by atoms with Gasteiger partial charge in [-0.1, -0.05) is 0 Å². The summed E-state index contributed by atoms with van der Waals surface area (Å²) in [7, 11) is 0.